The first-order valence-electron chi connectivity index (χ1n) is 5.16. The van der Waals surface area contributed by atoms with Crippen LogP contribution in [0.25, 0.3) is 0 Å². The zero-order chi connectivity index (χ0) is 9.52. The van der Waals surface area contributed by atoms with Gasteiger partial charge < -0.3 is 0 Å². The minimum absolute atomic E-state index is 0.326. The summed E-state index contributed by atoms with van der Waals surface area (Å²) in [7, 11) is 0. The molecular weight excluding hydrogens is 160 g/mol. The van der Waals surface area contributed by atoms with Gasteiger partial charge in [-0.05, 0) is 45.1 Å². The van der Waals surface area contributed by atoms with Crippen molar-refractivity contribution in [2.24, 2.45) is 0 Å². The molecule has 0 aliphatic heterocycles. The standard InChI is InChI=1S/C12H18O/c1-2-3-4-5-7-11-8-6-9-12(13)10-11/h2-3,10H,4-9H2,1H3/b3-2+. The third-order valence-electron chi connectivity index (χ3n) is 2.39. The smallest absolute Gasteiger partial charge is 0.155 e. The molecule has 0 N–H and O–H groups in total. The van der Waals surface area contributed by atoms with Gasteiger partial charge in [0.25, 0.3) is 0 Å². The first-order valence-corrected chi connectivity index (χ1v) is 5.16. The van der Waals surface area contributed by atoms with Crippen LogP contribution >= 0.6 is 0 Å². The quantitative estimate of drug-likeness (QED) is 0.476. The molecule has 1 aliphatic rings. The molecule has 0 amide bonds. The maximum absolute atomic E-state index is 11.1. The van der Waals surface area contributed by atoms with Gasteiger partial charge in [-0.1, -0.05) is 17.7 Å². The van der Waals surface area contributed by atoms with Gasteiger partial charge in [0.15, 0.2) is 5.78 Å². The van der Waals surface area contributed by atoms with Crippen LogP contribution in [0.4, 0.5) is 0 Å². The molecule has 72 valence electrons. The molecular formula is C12H18O. The summed E-state index contributed by atoms with van der Waals surface area (Å²) in [6.45, 7) is 2.05. The van der Waals surface area contributed by atoms with E-state index in [9.17, 15) is 4.79 Å². The lowest BCUT2D eigenvalue weighted by molar-refractivity contribution is -0.115. The van der Waals surface area contributed by atoms with Gasteiger partial charge in [0.1, 0.15) is 0 Å². The third kappa shape index (κ3) is 4.07. The normalized spacial score (nSPS) is 17.9. The highest BCUT2D eigenvalue weighted by atomic mass is 16.1. The van der Waals surface area contributed by atoms with Gasteiger partial charge in [0, 0.05) is 6.42 Å². The molecule has 0 saturated carbocycles. The van der Waals surface area contributed by atoms with Crippen molar-refractivity contribution >= 4 is 5.78 Å². The zero-order valence-electron chi connectivity index (χ0n) is 8.38. The molecule has 0 heterocycles. The second kappa shape index (κ2) is 5.74. The largest absolute Gasteiger partial charge is 0.295 e. The first kappa shape index (κ1) is 10.2. The van der Waals surface area contributed by atoms with Crippen LogP contribution in [0.15, 0.2) is 23.8 Å². The molecule has 0 aromatic carbocycles. The Balaban J connectivity index is 2.24. The fourth-order valence-corrected chi connectivity index (χ4v) is 1.67. The van der Waals surface area contributed by atoms with Crippen LogP contribution in [-0.2, 0) is 4.79 Å². The average molecular weight is 178 g/mol. The number of allylic oxidation sites excluding steroid dienone is 4. The molecule has 0 atom stereocenters. The predicted octanol–water partition coefficient (Wildman–Crippen LogP) is 3.41. The van der Waals surface area contributed by atoms with Gasteiger partial charge in [0.2, 0.25) is 0 Å². The second-order valence-electron chi connectivity index (χ2n) is 3.58. The van der Waals surface area contributed by atoms with E-state index in [2.05, 4.69) is 12.2 Å². The predicted molar refractivity (Wildman–Crippen MR) is 55.6 cm³/mol. The minimum atomic E-state index is 0.326. The molecule has 0 radical (unpaired) electrons. The molecule has 1 heteroatoms. The van der Waals surface area contributed by atoms with E-state index >= 15 is 0 Å². The van der Waals surface area contributed by atoms with Gasteiger partial charge in [-0.2, -0.15) is 0 Å². The van der Waals surface area contributed by atoms with E-state index in [4.69, 9.17) is 0 Å². The Labute approximate surface area is 80.5 Å². The number of hydrogen-bond donors (Lipinski definition) is 0. The van der Waals surface area contributed by atoms with Crippen molar-refractivity contribution in [2.75, 3.05) is 0 Å². The van der Waals surface area contributed by atoms with Crippen LogP contribution in [-0.4, -0.2) is 5.78 Å². The molecule has 0 spiro atoms. The topological polar surface area (TPSA) is 17.1 Å². The van der Waals surface area contributed by atoms with E-state index < -0.39 is 0 Å². The number of carbonyl (C=O) groups excluding carboxylic acids is 1. The van der Waals surface area contributed by atoms with E-state index in [1.165, 1.54) is 12.0 Å². The van der Waals surface area contributed by atoms with Crippen LogP contribution < -0.4 is 0 Å². The summed E-state index contributed by atoms with van der Waals surface area (Å²) in [6.07, 6.45) is 12.5. The highest BCUT2D eigenvalue weighted by molar-refractivity contribution is 5.91. The van der Waals surface area contributed by atoms with Crippen molar-refractivity contribution in [3.8, 4) is 0 Å². The van der Waals surface area contributed by atoms with Crippen molar-refractivity contribution in [3.63, 3.8) is 0 Å². The molecule has 0 bridgehead atoms. The summed E-state index contributed by atoms with van der Waals surface area (Å²) >= 11 is 0. The van der Waals surface area contributed by atoms with Crippen LogP contribution in [0, 0.1) is 0 Å². The Morgan fingerprint density at radius 1 is 1.46 bits per heavy atom. The fraction of sp³-hybridized carbons (Fsp3) is 0.583. The maximum atomic E-state index is 11.1. The van der Waals surface area contributed by atoms with Crippen LogP contribution in [0.2, 0.25) is 0 Å². The molecule has 0 fully saturated rings. The summed E-state index contributed by atoms with van der Waals surface area (Å²) in [5.74, 6) is 0.326. The van der Waals surface area contributed by atoms with Crippen LogP contribution in [0.3, 0.4) is 0 Å². The van der Waals surface area contributed by atoms with Crippen molar-refractivity contribution in [2.45, 2.75) is 45.4 Å². The molecule has 1 aliphatic carbocycles. The molecule has 1 rings (SSSR count). The summed E-state index contributed by atoms with van der Waals surface area (Å²) in [5, 5.41) is 0. The fourth-order valence-electron chi connectivity index (χ4n) is 1.67. The molecule has 0 aromatic heterocycles. The maximum Gasteiger partial charge on any atom is 0.155 e. The van der Waals surface area contributed by atoms with E-state index in [0.29, 0.717) is 5.78 Å². The Bertz CT molecular complexity index is 223. The van der Waals surface area contributed by atoms with Crippen LogP contribution in [0.5, 0.6) is 0 Å². The molecule has 0 saturated heterocycles. The minimum Gasteiger partial charge on any atom is -0.295 e. The number of unbranched alkanes of at least 4 members (excludes halogenated alkanes) is 1. The lowest BCUT2D eigenvalue weighted by Crippen LogP contribution is -2.02. The Morgan fingerprint density at radius 3 is 3.00 bits per heavy atom. The third-order valence-corrected chi connectivity index (χ3v) is 2.39. The van der Waals surface area contributed by atoms with Crippen molar-refractivity contribution < 1.29 is 4.79 Å². The van der Waals surface area contributed by atoms with Crippen molar-refractivity contribution in [3.05, 3.63) is 23.8 Å². The second-order valence-corrected chi connectivity index (χ2v) is 3.58. The lowest BCUT2D eigenvalue weighted by Gasteiger charge is -2.10. The average Bonchev–Trinajstić information content (AvgIpc) is 2.13. The van der Waals surface area contributed by atoms with Crippen molar-refractivity contribution in [1.29, 1.82) is 0 Å². The zero-order valence-corrected chi connectivity index (χ0v) is 8.38. The summed E-state index contributed by atoms with van der Waals surface area (Å²) in [5.41, 5.74) is 1.36. The van der Waals surface area contributed by atoms with Gasteiger partial charge in [-0.3, -0.25) is 4.79 Å². The number of hydrogen-bond acceptors (Lipinski definition) is 1. The van der Waals surface area contributed by atoms with E-state index in [-0.39, 0.29) is 0 Å². The monoisotopic (exact) mass is 178 g/mol. The Hall–Kier alpha value is -0.850. The van der Waals surface area contributed by atoms with E-state index in [0.717, 1.165) is 32.1 Å². The summed E-state index contributed by atoms with van der Waals surface area (Å²) in [6, 6.07) is 0. The highest BCUT2D eigenvalue weighted by Gasteiger charge is 2.08. The van der Waals surface area contributed by atoms with Gasteiger partial charge in [0.05, 0.1) is 0 Å². The SMILES string of the molecule is C/C=C/CCCC1=CC(=O)CCC1. The molecule has 0 unspecified atom stereocenters. The summed E-state index contributed by atoms with van der Waals surface area (Å²) in [4.78, 5) is 11.1. The van der Waals surface area contributed by atoms with E-state index in [1.54, 1.807) is 0 Å². The first-order chi connectivity index (χ1) is 6.33. The van der Waals surface area contributed by atoms with Crippen LogP contribution in [0.1, 0.15) is 45.4 Å². The lowest BCUT2D eigenvalue weighted by atomic mass is 9.95. The van der Waals surface area contributed by atoms with Crippen molar-refractivity contribution in [1.82, 2.24) is 0 Å². The highest BCUT2D eigenvalue weighted by Crippen LogP contribution is 2.20. The number of carbonyl (C=O) groups is 1. The number of ketones is 1. The summed E-state index contributed by atoms with van der Waals surface area (Å²) < 4.78 is 0. The Kier molecular flexibility index (Phi) is 4.52. The number of rotatable bonds is 4. The van der Waals surface area contributed by atoms with Gasteiger partial charge >= 0.3 is 0 Å². The van der Waals surface area contributed by atoms with Gasteiger partial charge in [-0.15, -0.1) is 0 Å². The van der Waals surface area contributed by atoms with Gasteiger partial charge in [-0.25, -0.2) is 0 Å². The molecule has 0 aromatic rings. The Morgan fingerprint density at radius 2 is 2.31 bits per heavy atom. The molecule has 13 heavy (non-hydrogen) atoms. The van der Waals surface area contributed by atoms with E-state index in [1.807, 2.05) is 13.0 Å². The molecule has 1 nitrogen and oxygen atoms in total.